The Morgan fingerprint density at radius 2 is 1.91 bits per heavy atom. The van der Waals surface area contributed by atoms with Crippen molar-refractivity contribution in [3.8, 4) is 17.3 Å². The average molecular weight is 446 g/mol. The van der Waals surface area contributed by atoms with Crippen LogP contribution in [0.5, 0.6) is 0 Å². The predicted octanol–water partition coefficient (Wildman–Crippen LogP) is 2.53. The Morgan fingerprint density at radius 1 is 1.12 bits per heavy atom. The summed E-state index contributed by atoms with van der Waals surface area (Å²) < 4.78 is 5.58. The number of anilines is 1. The number of hydrogen-bond donors (Lipinski definition) is 1. The van der Waals surface area contributed by atoms with Gasteiger partial charge in [-0.05, 0) is 43.2 Å². The monoisotopic (exact) mass is 445 g/mol. The van der Waals surface area contributed by atoms with Crippen LogP contribution in [0.4, 0.5) is 5.82 Å². The fraction of sp³-hybridized carbons (Fsp3) is 0.500. The zero-order valence-electron chi connectivity index (χ0n) is 19.1. The second-order valence-electron chi connectivity index (χ2n) is 9.15. The summed E-state index contributed by atoms with van der Waals surface area (Å²) in [4.78, 5) is 21.8. The van der Waals surface area contributed by atoms with Gasteiger partial charge in [0.05, 0.1) is 23.9 Å². The summed E-state index contributed by atoms with van der Waals surface area (Å²) in [6.07, 6.45) is 5.27. The second-order valence-corrected chi connectivity index (χ2v) is 9.15. The number of nitriles is 1. The van der Waals surface area contributed by atoms with E-state index in [9.17, 15) is 10.1 Å². The Bertz CT molecular complexity index is 1030. The molecule has 0 radical (unpaired) electrons. The molecule has 2 saturated heterocycles. The minimum absolute atomic E-state index is 0.0543. The molecule has 2 fully saturated rings. The SMILES string of the molecule is N#Cc1c(N2CCN(CC(=O)NC[C@H]3CCCO3)CC2)nc(-c2ccccc2)c2c1CCC2. The minimum Gasteiger partial charge on any atom is -0.376 e. The number of nitrogens with one attached hydrogen (secondary N) is 1. The fourth-order valence-electron chi connectivity index (χ4n) is 5.24. The number of piperazine rings is 1. The van der Waals surface area contributed by atoms with E-state index in [4.69, 9.17) is 9.72 Å². The van der Waals surface area contributed by atoms with E-state index >= 15 is 0 Å². The summed E-state index contributed by atoms with van der Waals surface area (Å²) in [7, 11) is 0. The van der Waals surface area contributed by atoms with Gasteiger partial charge in [-0.2, -0.15) is 5.26 Å². The number of amides is 1. The van der Waals surface area contributed by atoms with E-state index in [0.717, 1.165) is 87.5 Å². The van der Waals surface area contributed by atoms with Crippen LogP contribution in [0.25, 0.3) is 11.3 Å². The highest BCUT2D eigenvalue weighted by atomic mass is 16.5. The van der Waals surface area contributed by atoms with Crippen LogP contribution in [0.3, 0.4) is 0 Å². The number of carbonyl (C=O) groups is 1. The number of rotatable bonds is 6. The molecule has 2 aliphatic heterocycles. The maximum Gasteiger partial charge on any atom is 0.234 e. The summed E-state index contributed by atoms with van der Waals surface area (Å²) in [5.74, 6) is 0.859. The molecule has 0 bridgehead atoms. The molecular weight excluding hydrogens is 414 g/mol. The fourth-order valence-corrected chi connectivity index (χ4v) is 5.24. The Hall–Kier alpha value is -2.95. The minimum atomic E-state index is 0.0543. The lowest BCUT2D eigenvalue weighted by Gasteiger charge is -2.36. The lowest BCUT2D eigenvalue weighted by atomic mass is 9.98. The first-order valence-corrected chi connectivity index (χ1v) is 12.1. The Morgan fingerprint density at radius 3 is 2.64 bits per heavy atom. The van der Waals surface area contributed by atoms with Gasteiger partial charge in [-0.25, -0.2) is 4.98 Å². The summed E-state index contributed by atoms with van der Waals surface area (Å²) in [6.45, 7) is 4.87. The van der Waals surface area contributed by atoms with E-state index in [-0.39, 0.29) is 12.0 Å². The van der Waals surface area contributed by atoms with Crippen molar-refractivity contribution < 1.29 is 9.53 Å². The van der Waals surface area contributed by atoms with Crippen molar-refractivity contribution in [1.29, 1.82) is 5.26 Å². The predicted molar refractivity (Wildman–Crippen MR) is 127 cm³/mol. The van der Waals surface area contributed by atoms with Crippen molar-refractivity contribution >= 4 is 11.7 Å². The molecule has 0 spiro atoms. The first-order chi connectivity index (χ1) is 16.2. The normalized spacial score (nSPS) is 20.5. The lowest BCUT2D eigenvalue weighted by Crippen LogP contribution is -2.50. The average Bonchev–Trinajstić information content (AvgIpc) is 3.55. The third kappa shape index (κ3) is 4.73. The van der Waals surface area contributed by atoms with Gasteiger partial charge in [0.2, 0.25) is 5.91 Å². The molecule has 3 aliphatic rings. The smallest absolute Gasteiger partial charge is 0.234 e. The summed E-state index contributed by atoms with van der Waals surface area (Å²) >= 11 is 0. The maximum absolute atomic E-state index is 12.4. The molecule has 7 heteroatoms. The van der Waals surface area contributed by atoms with E-state index in [1.807, 2.05) is 18.2 Å². The standard InChI is InChI=1S/C26H31N5O2/c27-16-23-21-9-4-10-22(21)25(19-6-2-1-3-7-19)29-26(23)31-13-11-30(12-14-31)18-24(32)28-17-20-8-5-15-33-20/h1-3,6-7,20H,4-5,8-15,17-18H2,(H,28,32)/t20-/m1/s1. The van der Waals surface area contributed by atoms with Crippen molar-refractivity contribution in [3.05, 3.63) is 47.0 Å². The van der Waals surface area contributed by atoms with Gasteiger partial charge in [0.15, 0.2) is 0 Å². The summed E-state index contributed by atoms with van der Waals surface area (Å²) in [6, 6.07) is 12.8. The van der Waals surface area contributed by atoms with Gasteiger partial charge in [0.25, 0.3) is 0 Å². The third-order valence-electron chi connectivity index (χ3n) is 7.00. The first-order valence-electron chi connectivity index (χ1n) is 12.1. The molecule has 1 atom stereocenters. The summed E-state index contributed by atoms with van der Waals surface area (Å²) in [5.41, 5.74) is 5.29. The first kappa shape index (κ1) is 21.9. The molecule has 1 amide bonds. The van der Waals surface area contributed by atoms with Gasteiger partial charge in [-0.1, -0.05) is 30.3 Å². The molecule has 0 unspecified atom stereocenters. The molecule has 172 valence electrons. The van der Waals surface area contributed by atoms with Gasteiger partial charge in [0.1, 0.15) is 11.9 Å². The molecular formula is C26H31N5O2. The number of pyridine rings is 1. The molecule has 0 saturated carbocycles. The second kappa shape index (κ2) is 9.90. The molecule has 7 nitrogen and oxygen atoms in total. The van der Waals surface area contributed by atoms with E-state index in [1.165, 1.54) is 11.1 Å². The number of ether oxygens (including phenoxy) is 1. The van der Waals surface area contributed by atoms with Crippen LogP contribution in [-0.4, -0.2) is 67.8 Å². The summed E-state index contributed by atoms with van der Waals surface area (Å²) in [5, 5.41) is 13.0. The molecule has 2 aromatic rings. The quantitative estimate of drug-likeness (QED) is 0.736. The van der Waals surface area contributed by atoms with Crippen molar-refractivity contribution in [2.75, 3.05) is 50.8 Å². The van der Waals surface area contributed by atoms with Gasteiger partial charge < -0.3 is 15.0 Å². The zero-order chi connectivity index (χ0) is 22.6. The van der Waals surface area contributed by atoms with Crippen LogP contribution in [0.1, 0.15) is 36.0 Å². The van der Waals surface area contributed by atoms with E-state index < -0.39 is 0 Å². The Kier molecular flexibility index (Phi) is 6.56. The van der Waals surface area contributed by atoms with E-state index in [1.54, 1.807) is 0 Å². The number of fused-ring (bicyclic) bond motifs is 1. The Labute approximate surface area is 195 Å². The van der Waals surface area contributed by atoms with Crippen molar-refractivity contribution in [2.45, 2.75) is 38.2 Å². The number of carbonyl (C=O) groups excluding carboxylic acids is 1. The number of aromatic nitrogens is 1. The molecule has 1 N–H and O–H groups in total. The van der Waals surface area contributed by atoms with Crippen LogP contribution < -0.4 is 10.2 Å². The van der Waals surface area contributed by atoms with Crippen molar-refractivity contribution in [1.82, 2.24) is 15.2 Å². The van der Waals surface area contributed by atoms with Crippen LogP contribution >= 0.6 is 0 Å². The van der Waals surface area contributed by atoms with E-state index in [2.05, 4.69) is 33.3 Å². The van der Waals surface area contributed by atoms with Gasteiger partial charge in [0, 0.05) is 44.9 Å². The molecule has 1 aromatic heterocycles. The van der Waals surface area contributed by atoms with Crippen molar-refractivity contribution in [3.63, 3.8) is 0 Å². The molecule has 3 heterocycles. The third-order valence-corrected chi connectivity index (χ3v) is 7.00. The number of hydrogen-bond acceptors (Lipinski definition) is 6. The molecule has 1 aromatic carbocycles. The van der Waals surface area contributed by atoms with Crippen LogP contribution in [0.2, 0.25) is 0 Å². The van der Waals surface area contributed by atoms with E-state index in [0.29, 0.717) is 13.1 Å². The van der Waals surface area contributed by atoms with Crippen LogP contribution in [-0.2, 0) is 22.4 Å². The lowest BCUT2D eigenvalue weighted by molar-refractivity contribution is -0.122. The maximum atomic E-state index is 12.4. The molecule has 5 rings (SSSR count). The highest BCUT2D eigenvalue weighted by Gasteiger charge is 2.28. The molecule has 33 heavy (non-hydrogen) atoms. The largest absolute Gasteiger partial charge is 0.376 e. The van der Waals surface area contributed by atoms with Gasteiger partial charge in [-0.3, -0.25) is 9.69 Å². The van der Waals surface area contributed by atoms with Crippen LogP contribution in [0, 0.1) is 11.3 Å². The zero-order valence-corrected chi connectivity index (χ0v) is 19.1. The van der Waals surface area contributed by atoms with Gasteiger partial charge in [-0.15, -0.1) is 0 Å². The van der Waals surface area contributed by atoms with Crippen LogP contribution in [0.15, 0.2) is 30.3 Å². The number of nitrogens with zero attached hydrogens (tertiary/aromatic N) is 4. The molecule has 1 aliphatic carbocycles. The number of benzene rings is 1. The Balaban J connectivity index is 1.27. The topological polar surface area (TPSA) is 81.5 Å². The van der Waals surface area contributed by atoms with Crippen molar-refractivity contribution in [2.24, 2.45) is 0 Å². The van der Waals surface area contributed by atoms with Gasteiger partial charge >= 0.3 is 0 Å². The highest BCUT2D eigenvalue weighted by molar-refractivity contribution is 5.78. The highest BCUT2D eigenvalue weighted by Crippen LogP contribution is 2.37.